The molecule has 0 bridgehead atoms. The Bertz CT molecular complexity index is 379. The summed E-state index contributed by atoms with van der Waals surface area (Å²) >= 11 is 0. The zero-order valence-corrected chi connectivity index (χ0v) is 8.44. The van der Waals surface area contributed by atoms with Gasteiger partial charge in [0.2, 0.25) is 0 Å². The van der Waals surface area contributed by atoms with Crippen LogP contribution in [-0.2, 0) is 4.74 Å². The maximum Gasteiger partial charge on any atom is 0.341 e. The molecule has 0 aliphatic carbocycles. The van der Waals surface area contributed by atoms with Crippen LogP contribution in [0.3, 0.4) is 0 Å². The van der Waals surface area contributed by atoms with Crippen molar-refractivity contribution in [2.45, 2.75) is 6.43 Å². The highest BCUT2D eigenvalue weighted by molar-refractivity contribution is 5.92. The Labute approximate surface area is 90.4 Å². The molecule has 1 aromatic carbocycles. The zero-order valence-electron chi connectivity index (χ0n) is 8.44. The molecule has 6 heteroatoms. The molecular weight excluding hydrogens is 222 g/mol. The predicted octanol–water partition coefficient (Wildman–Crippen LogP) is 1.82. The van der Waals surface area contributed by atoms with Crippen LogP contribution in [0.4, 0.5) is 8.78 Å². The number of phenolic OH excluding ortho intramolecular Hbond substituents is 1. The van der Waals surface area contributed by atoms with Gasteiger partial charge in [-0.15, -0.1) is 0 Å². The Morgan fingerprint density at radius 3 is 2.69 bits per heavy atom. The molecule has 0 aliphatic rings. The highest BCUT2D eigenvalue weighted by atomic mass is 19.3. The summed E-state index contributed by atoms with van der Waals surface area (Å²) in [6.45, 7) is -0.767. The van der Waals surface area contributed by atoms with E-state index in [-0.39, 0.29) is 17.1 Å². The van der Waals surface area contributed by atoms with Gasteiger partial charge in [0.1, 0.15) is 23.7 Å². The predicted molar refractivity (Wildman–Crippen MR) is 50.9 cm³/mol. The maximum absolute atomic E-state index is 11.8. The van der Waals surface area contributed by atoms with Gasteiger partial charge in [0.25, 0.3) is 6.43 Å². The van der Waals surface area contributed by atoms with Gasteiger partial charge in [0, 0.05) is 6.07 Å². The van der Waals surface area contributed by atoms with Crippen molar-refractivity contribution in [3.05, 3.63) is 23.8 Å². The van der Waals surface area contributed by atoms with E-state index in [1.54, 1.807) is 0 Å². The Kier molecular flexibility index (Phi) is 4.04. The number of ether oxygens (including phenoxy) is 2. The van der Waals surface area contributed by atoms with Crippen LogP contribution in [0.2, 0.25) is 0 Å². The van der Waals surface area contributed by atoms with Crippen molar-refractivity contribution in [2.75, 3.05) is 13.7 Å². The van der Waals surface area contributed by atoms with Crippen molar-refractivity contribution in [3.63, 3.8) is 0 Å². The molecule has 0 unspecified atom stereocenters. The zero-order chi connectivity index (χ0) is 12.1. The normalized spacial score (nSPS) is 10.2. The second-order valence-electron chi connectivity index (χ2n) is 2.87. The lowest BCUT2D eigenvalue weighted by atomic mass is 10.2. The number of carbonyl (C=O) groups is 1. The largest absolute Gasteiger partial charge is 0.507 e. The minimum absolute atomic E-state index is 0.0492. The van der Waals surface area contributed by atoms with Gasteiger partial charge in [-0.25, -0.2) is 13.6 Å². The number of halogens is 2. The van der Waals surface area contributed by atoms with Gasteiger partial charge in [0.05, 0.1) is 7.11 Å². The average molecular weight is 232 g/mol. The molecule has 0 spiro atoms. The molecule has 0 aliphatic heterocycles. The molecule has 0 saturated carbocycles. The van der Waals surface area contributed by atoms with Gasteiger partial charge < -0.3 is 14.6 Å². The Balaban J connectivity index is 2.78. The molecular formula is C10H10F2O4. The third kappa shape index (κ3) is 3.08. The third-order valence-corrected chi connectivity index (χ3v) is 1.75. The van der Waals surface area contributed by atoms with Crippen LogP contribution < -0.4 is 4.74 Å². The lowest BCUT2D eigenvalue weighted by Gasteiger charge is -2.07. The van der Waals surface area contributed by atoms with Crippen LogP contribution in [0.1, 0.15) is 10.4 Å². The summed E-state index contributed by atoms with van der Waals surface area (Å²) < 4.78 is 32.7. The molecule has 0 heterocycles. The summed E-state index contributed by atoms with van der Waals surface area (Å²) in [6, 6.07) is 3.62. The minimum atomic E-state index is -2.59. The van der Waals surface area contributed by atoms with Gasteiger partial charge in [-0.2, -0.15) is 0 Å². The number of hydrogen-bond acceptors (Lipinski definition) is 4. The molecule has 88 valence electrons. The van der Waals surface area contributed by atoms with Crippen LogP contribution in [-0.4, -0.2) is 31.2 Å². The molecule has 1 N–H and O–H groups in total. The van der Waals surface area contributed by atoms with Crippen molar-refractivity contribution in [2.24, 2.45) is 0 Å². The fourth-order valence-corrected chi connectivity index (χ4v) is 1.04. The van der Waals surface area contributed by atoms with Gasteiger partial charge in [-0.3, -0.25) is 0 Å². The fourth-order valence-electron chi connectivity index (χ4n) is 1.04. The summed E-state index contributed by atoms with van der Waals surface area (Å²) in [4.78, 5) is 11.1. The standard InChI is InChI=1S/C10H10F2O4/c1-15-10(14)7-3-2-6(4-8(7)13)16-5-9(11)12/h2-4,9,13H,5H2,1H3. The van der Waals surface area contributed by atoms with Crippen LogP contribution in [0.25, 0.3) is 0 Å². The molecule has 0 amide bonds. The van der Waals surface area contributed by atoms with Crippen molar-refractivity contribution in [3.8, 4) is 11.5 Å². The number of hydrogen-bond donors (Lipinski definition) is 1. The Morgan fingerprint density at radius 2 is 2.19 bits per heavy atom. The van der Waals surface area contributed by atoms with E-state index < -0.39 is 19.0 Å². The topological polar surface area (TPSA) is 55.8 Å². The summed E-state index contributed by atoms with van der Waals surface area (Å²) in [5, 5.41) is 9.39. The summed E-state index contributed by atoms with van der Waals surface area (Å²) in [7, 11) is 1.17. The van der Waals surface area contributed by atoms with Crippen molar-refractivity contribution in [1.29, 1.82) is 0 Å². The first-order chi connectivity index (χ1) is 7.54. The summed E-state index contributed by atoms with van der Waals surface area (Å²) in [5.74, 6) is -1.03. The van der Waals surface area contributed by atoms with E-state index in [0.29, 0.717) is 0 Å². The van der Waals surface area contributed by atoms with Gasteiger partial charge >= 0.3 is 5.97 Å². The lowest BCUT2D eigenvalue weighted by Crippen LogP contribution is -2.07. The molecule has 4 nitrogen and oxygen atoms in total. The van der Waals surface area contributed by atoms with E-state index in [0.717, 1.165) is 6.07 Å². The Morgan fingerprint density at radius 1 is 1.50 bits per heavy atom. The van der Waals surface area contributed by atoms with E-state index in [1.165, 1.54) is 19.2 Å². The van der Waals surface area contributed by atoms with Gasteiger partial charge in [-0.05, 0) is 12.1 Å². The first kappa shape index (κ1) is 12.2. The number of aromatic hydroxyl groups is 1. The molecule has 0 aromatic heterocycles. The number of esters is 1. The van der Waals surface area contributed by atoms with Crippen molar-refractivity contribution < 1.29 is 28.2 Å². The second kappa shape index (κ2) is 5.29. The van der Waals surface area contributed by atoms with E-state index in [2.05, 4.69) is 9.47 Å². The van der Waals surface area contributed by atoms with Crippen LogP contribution in [0.5, 0.6) is 11.5 Å². The van der Waals surface area contributed by atoms with Crippen LogP contribution >= 0.6 is 0 Å². The number of alkyl halides is 2. The van der Waals surface area contributed by atoms with Gasteiger partial charge in [-0.1, -0.05) is 0 Å². The molecule has 0 saturated heterocycles. The Hall–Kier alpha value is -1.85. The molecule has 16 heavy (non-hydrogen) atoms. The highest BCUT2D eigenvalue weighted by Gasteiger charge is 2.12. The van der Waals surface area contributed by atoms with E-state index in [1.807, 2.05) is 0 Å². The van der Waals surface area contributed by atoms with Crippen LogP contribution in [0, 0.1) is 0 Å². The number of benzene rings is 1. The van der Waals surface area contributed by atoms with Crippen molar-refractivity contribution in [1.82, 2.24) is 0 Å². The first-order valence-electron chi connectivity index (χ1n) is 4.37. The summed E-state index contributed by atoms with van der Waals surface area (Å²) in [5.41, 5.74) is -0.0492. The first-order valence-corrected chi connectivity index (χ1v) is 4.37. The molecule has 0 fully saturated rings. The lowest BCUT2D eigenvalue weighted by molar-refractivity contribution is 0.0596. The minimum Gasteiger partial charge on any atom is -0.507 e. The second-order valence-corrected chi connectivity index (χ2v) is 2.87. The monoisotopic (exact) mass is 232 g/mol. The van der Waals surface area contributed by atoms with E-state index >= 15 is 0 Å². The highest BCUT2D eigenvalue weighted by Crippen LogP contribution is 2.24. The quantitative estimate of drug-likeness (QED) is 0.804. The fraction of sp³-hybridized carbons (Fsp3) is 0.300. The number of phenols is 1. The van der Waals surface area contributed by atoms with E-state index in [9.17, 15) is 18.7 Å². The molecule has 0 atom stereocenters. The molecule has 0 radical (unpaired) electrons. The number of methoxy groups -OCH3 is 1. The van der Waals surface area contributed by atoms with Crippen LogP contribution in [0.15, 0.2) is 18.2 Å². The molecule has 1 aromatic rings. The van der Waals surface area contributed by atoms with Crippen molar-refractivity contribution >= 4 is 5.97 Å². The number of rotatable bonds is 4. The average Bonchev–Trinajstić information content (AvgIpc) is 2.25. The third-order valence-electron chi connectivity index (χ3n) is 1.75. The summed E-state index contributed by atoms with van der Waals surface area (Å²) in [6.07, 6.45) is -2.59. The molecule has 1 rings (SSSR count). The SMILES string of the molecule is COC(=O)c1ccc(OCC(F)F)cc1O. The maximum atomic E-state index is 11.8. The van der Waals surface area contributed by atoms with Gasteiger partial charge in [0.15, 0.2) is 0 Å². The van der Waals surface area contributed by atoms with E-state index in [4.69, 9.17) is 0 Å². The smallest absolute Gasteiger partial charge is 0.341 e. The number of carbonyl (C=O) groups excluding carboxylic acids is 1.